The van der Waals surface area contributed by atoms with Gasteiger partial charge in [-0.1, -0.05) is 25.9 Å². The van der Waals surface area contributed by atoms with E-state index in [4.69, 9.17) is 9.26 Å². The number of aryl methyl sites for hydroxylation is 1. The second-order valence-electron chi connectivity index (χ2n) is 8.64. The Morgan fingerprint density at radius 1 is 1.28 bits per heavy atom. The van der Waals surface area contributed by atoms with Crippen molar-refractivity contribution in [2.45, 2.75) is 65.1 Å². The summed E-state index contributed by atoms with van der Waals surface area (Å²) in [4.78, 5) is 18.5. The summed E-state index contributed by atoms with van der Waals surface area (Å²) >= 11 is 0. The summed E-state index contributed by atoms with van der Waals surface area (Å²) in [6, 6.07) is 4.76. The van der Waals surface area contributed by atoms with E-state index in [0.29, 0.717) is 42.6 Å². The van der Waals surface area contributed by atoms with E-state index < -0.39 is 0 Å². The van der Waals surface area contributed by atoms with Crippen molar-refractivity contribution in [2.75, 3.05) is 23.3 Å². The quantitative estimate of drug-likeness (QED) is 0.819. The van der Waals surface area contributed by atoms with Crippen LogP contribution < -0.4 is 10.2 Å². The molecule has 8 heteroatoms. The van der Waals surface area contributed by atoms with Crippen LogP contribution in [-0.2, 0) is 21.4 Å². The van der Waals surface area contributed by atoms with Crippen molar-refractivity contribution >= 4 is 17.3 Å². The predicted molar refractivity (Wildman–Crippen MR) is 109 cm³/mol. The number of morpholine rings is 1. The summed E-state index contributed by atoms with van der Waals surface area (Å²) in [5.41, 5.74) is 0.733. The standard InChI is InChI=1S/C21H29FN4O3/c1-13-11-26(12-14(2)28-13)17-7-6-15(10-16(17)22)23-18(27)8-9-19-24-20(25-29-19)21(3,4)5/h6-7,10,13-14H,8-9,11-12H2,1-5H3,(H,23,27). The lowest BCUT2D eigenvalue weighted by molar-refractivity contribution is -0.116. The van der Waals surface area contributed by atoms with Crippen LogP contribution in [0, 0.1) is 5.82 Å². The van der Waals surface area contributed by atoms with Gasteiger partial charge in [0, 0.05) is 37.0 Å². The van der Waals surface area contributed by atoms with E-state index in [-0.39, 0.29) is 35.8 Å². The highest BCUT2D eigenvalue weighted by molar-refractivity contribution is 5.91. The predicted octanol–water partition coefficient (Wildman–Crippen LogP) is 3.69. The Kier molecular flexibility index (Phi) is 6.21. The highest BCUT2D eigenvalue weighted by Gasteiger charge is 2.24. The molecule has 0 saturated carbocycles. The molecule has 0 bridgehead atoms. The van der Waals surface area contributed by atoms with Gasteiger partial charge in [0.15, 0.2) is 5.82 Å². The minimum atomic E-state index is -0.365. The van der Waals surface area contributed by atoms with Crippen LogP contribution in [0.2, 0.25) is 0 Å². The molecule has 0 aliphatic carbocycles. The Balaban J connectivity index is 1.57. The number of amides is 1. The van der Waals surface area contributed by atoms with Gasteiger partial charge in [-0.3, -0.25) is 4.79 Å². The number of carbonyl (C=O) groups excluding carboxylic acids is 1. The fourth-order valence-corrected chi connectivity index (χ4v) is 3.32. The molecule has 1 amide bonds. The molecule has 2 heterocycles. The average Bonchev–Trinajstić information content (AvgIpc) is 3.08. The molecular weight excluding hydrogens is 375 g/mol. The number of nitrogens with zero attached hydrogens (tertiary/aromatic N) is 3. The number of hydrogen-bond acceptors (Lipinski definition) is 6. The molecule has 2 atom stereocenters. The third-order valence-corrected chi connectivity index (χ3v) is 4.70. The number of carbonyl (C=O) groups is 1. The van der Waals surface area contributed by atoms with Gasteiger partial charge in [-0.15, -0.1) is 0 Å². The molecule has 2 aromatic rings. The first-order chi connectivity index (χ1) is 13.6. The Labute approximate surface area is 170 Å². The first-order valence-electron chi connectivity index (χ1n) is 9.94. The van der Waals surface area contributed by atoms with E-state index in [2.05, 4.69) is 15.5 Å². The lowest BCUT2D eigenvalue weighted by atomic mass is 9.96. The maximum absolute atomic E-state index is 14.6. The summed E-state index contributed by atoms with van der Waals surface area (Å²) in [6.07, 6.45) is 0.592. The summed E-state index contributed by atoms with van der Waals surface area (Å²) in [5.74, 6) is 0.427. The largest absolute Gasteiger partial charge is 0.372 e. The van der Waals surface area contributed by atoms with E-state index in [1.54, 1.807) is 12.1 Å². The van der Waals surface area contributed by atoms with Crippen molar-refractivity contribution in [3.63, 3.8) is 0 Å². The summed E-state index contributed by atoms with van der Waals surface area (Å²) in [5, 5.41) is 6.67. The number of anilines is 2. The number of nitrogens with one attached hydrogen (secondary N) is 1. The molecule has 29 heavy (non-hydrogen) atoms. The Morgan fingerprint density at radius 3 is 2.55 bits per heavy atom. The number of benzene rings is 1. The zero-order chi connectivity index (χ0) is 21.2. The van der Waals surface area contributed by atoms with Crippen LogP contribution in [0.3, 0.4) is 0 Å². The molecule has 1 aliphatic heterocycles. The first-order valence-corrected chi connectivity index (χ1v) is 9.94. The number of aromatic nitrogens is 2. The fourth-order valence-electron chi connectivity index (χ4n) is 3.32. The van der Waals surface area contributed by atoms with E-state index in [1.807, 2.05) is 39.5 Å². The maximum Gasteiger partial charge on any atom is 0.227 e. The molecule has 158 valence electrons. The van der Waals surface area contributed by atoms with Crippen LogP contribution in [0.15, 0.2) is 22.7 Å². The van der Waals surface area contributed by atoms with Crippen LogP contribution in [0.5, 0.6) is 0 Å². The maximum atomic E-state index is 14.6. The van der Waals surface area contributed by atoms with Crippen LogP contribution in [0.4, 0.5) is 15.8 Å². The van der Waals surface area contributed by atoms with Gasteiger partial charge in [0.05, 0.1) is 17.9 Å². The van der Waals surface area contributed by atoms with Crippen molar-refractivity contribution in [1.29, 1.82) is 0 Å². The minimum absolute atomic E-state index is 0.0426. The number of hydrogen-bond donors (Lipinski definition) is 1. The molecule has 1 aliphatic rings. The minimum Gasteiger partial charge on any atom is -0.372 e. The molecule has 1 saturated heterocycles. The highest BCUT2D eigenvalue weighted by Crippen LogP contribution is 2.26. The third-order valence-electron chi connectivity index (χ3n) is 4.70. The number of halogens is 1. The number of ether oxygens (including phenoxy) is 1. The van der Waals surface area contributed by atoms with Crippen molar-refractivity contribution in [3.8, 4) is 0 Å². The molecule has 1 fully saturated rings. The monoisotopic (exact) mass is 404 g/mol. The molecule has 1 aromatic heterocycles. The number of rotatable bonds is 5. The molecule has 7 nitrogen and oxygen atoms in total. The zero-order valence-electron chi connectivity index (χ0n) is 17.7. The van der Waals surface area contributed by atoms with Crippen LogP contribution >= 0.6 is 0 Å². The highest BCUT2D eigenvalue weighted by atomic mass is 19.1. The summed E-state index contributed by atoms with van der Waals surface area (Å²) in [6.45, 7) is 11.2. The van der Waals surface area contributed by atoms with Gasteiger partial charge in [-0.25, -0.2) is 4.39 Å². The Morgan fingerprint density at radius 2 is 1.97 bits per heavy atom. The van der Waals surface area contributed by atoms with Crippen molar-refractivity contribution in [1.82, 2.24) is 10.1 Å². The van der Waals surface area contributed by atoms with E-state index in [1.165, 1.54) is 6.07 Å². The fraction of sp³-hybridized carbons (Fsp3) is 0.571. The molecule has 1 N–H and O–H groups in total. The van der Waals surface area contributed by atoms with Crippen molar-refractivity contribution in [3.05, 3.63) is 35.7 Å². The SMILES string of the molecule is CC1CN(c2ccc(NC(=O)CCc3nc(C(C)(C)C)no3)cc2F)CC(C)O1. The average molecular weight is 404 g/mol. The van der Waals surface area contributed by atoms with Gasteiger partial charge in [0.25, 0.3) is 0 Å². The molecular formula is C21H29FN4O3. The van der Waals surface area contributed by atoms with E-state index in [9.17, 15) is 9.18 Å². The van der Waals surface area contributed by atoms with Gasteiger partial charge in [0.2, 0.25) is 11.8 Å². The normalized spacial score (nSPS) is 20.0. The van der Waals surface area contributed by atoms with Gasteiger partial charge in [-0.2, -0.15) is 4.98 Å². The van der Waals surface area contributed by atoms with Gasteiger partial charge >= 0.3 is 0 Å². The third kappa shape index (κ3) is 5.53. The van der Waals surface area contributed by atoms with E-state index in [0.717, 1.165) is 0 Å². The van der Waals surface area contributed by atoms with Crippen LogP contribution in [-0.4, -0.2) is 41.3 Å². The van der Waals surface area contributed by atoms with Crippen molar-refractivity contribution < 1.29 is 18.4 Å². The molecule has 3 rings (SSSR count). The van der Waals surface area contributed by atoms with Gasteiger partial charge in [-0.05, 0) is 32.0 Å². The summed E-state index contributed by atoms with van der Waals surface area (Å²) < 4.78 is 25.5. The van der Waals surface area contributed by atoms with E-state index >= 15 is 0 Å². The molecule has 0 radical (unpaired) electrons. The Bertz CT molecular complexity index is 852. The second-order valence-corrected chi connectivity index (χ2v) is 8.64. The smallest absolute Gasteiger partial charge is 0.227 e. The molecule has 1 aromatic carbocycles. The topological polar surface area (TPSA) is 80.5 Å². The van der Waals surface area contributed by atoms with Crippen molar-refractivity contribution in [2.24, 2.45) is 0 Å². The lowest BCUT2D eigenvalue weighted by Gasteiger charge is -2.37. The van der Waals surface area contributed by atoms with Crippen LogP contribution in [0.25, 0.3) is 0 Å². The second kappa shape index (κ2) is 8.49. The Hall–Kier alpha value is -2.48. The van der Waals surface area contributed by atoms with Gasteiger partial charge in [0.1, 0.15) is 5.82 Å². The molecule has 0 spiro atoms. The van der Waals surface area contributed by atoms with Crippen LogP contribution in [0.1, 0.15) is 52.8 Å². The summed E-state index contributed by atoms with van der Waals surface area (Å²) in [7, 11) is 0. The van der Waals surface area contributed by atoms with Gasteiger partial charge < -0.3 is 19.5 Å². The molecule has 2 unspecified atom stereocenters. The lowest BCUT2D eigenvalue weighted by Crippen LogP contribution is -2.45. The zero-order valence-corrected chi connectivity index (χ0v) is 17.7. The first kappa shape index (κ1) is 21.2.